The fraction of sp³-hybridized carbons (Fsp3) is 0.294. The summed E-state index contributed by atoms with van der Waals surface area (Å²) >= 11 is 2.98. The number of hydrogen-bond donors (Lipinski definition) is 1. The van der Waals surface area contributed by atoms with E-state index in [1.165, 1.54) is 11.8 Å². The molecule has 130 valence electrons. The van der Waals surface area contributed by atoms with Crippen LogP contribution >= 0.6 is 23.1 Å². The molecule has 2 aromatic heterocycles. The van der Waals surface area contributed by atoms with E-state index in [0.29, 0.717) is 11.7 Å². The summed E-state index contributed by atoms with van der Waals surface area (Å²) in [6, 6.07) is 10.1. The maximum atomic E-state index is 12.3. The third kappa shape index (κ3) is 4.26. The van der Waals surface area contributed by atoms with Crippen molar-refractivity contribution in [2.24, 2.45) is 0 Å². The van der Waals surface area contributed by atoms with Crippen molar-refractivity contribution in [2.75, 3.05) is 0 Å². The van der Waals surface area contributed by atoms with Crippen molar-refractivity contribution < 1.29 is 4.79 Å². The van der Waals surface area contributed by atoms with E-state index in [4.69, 9.17) is 0 Å². The molecule has 3 aromatic rings. The van der Waals surface area contributed by atoms with Crippen LogP contribution in [0, 0.1) is 13.8 Å². The Hall–Kier alpha value is -2.19. The van der Waals surface area contributed by atoms with Gasteiger partial charge in [-0.15, -0.1) is 16.4 Å². The van der Waals surface area contributed by atoms with Crippen LogP contribution in [-0.4, -0.2) is 31.4 Å². The highest BCUT2D eigenvalue weighted by atomic mass is 32.2. The van der Waals surface area contributed by atoms with Crippen LogP contribution in [0.5, 0.6) is 0 Å². The van der Waals surface area contributed by atoms with Gasteiger partial charge >= 0.3 is 0 Å². The predicted octanol–water partition coefficient (Wildman–Crippen LogP) is 3.14. The Balaban J connectivity index is 1.70. The van der Waals surface area contributed by atoms with Gasteiger partial charge in [-0.2, -0.15) is 4.68 Å². The Morgan fingerprint density at radius 1 is 1.36 bits per heavy atom. The lowest BCUT2D eigenvalue weighted by Gasteiger charge is -2.12. The summed E-state index contributed by atoms with van der Waals surface area (Å²) in [6.07, 6.45) is 0. The molecule has 2 heterocycles. The summed E-state index contributed by atoms with van der Waals surface area (Å²) in [5, 5.41) is 17.2. The van der Waals surface area contributed by atoms with Gasteiger partial charge in [0.2, 0.25) is 11.1 Å². The van der Waals surface area contributed by atoms with Gasteiger partial charge in [0, 0.05) is 4.88 Å². The van der Waals surface area contributed by atoms with Crippen molar-refractivity contribution in [1.29, 1.82) is 0 Å². The smallest absolute Gasteiger partial charge is 0.233 e. The number of nitrogens with zero attached hydrogens (tertiary/aromatic N) is 4. The van der Waals surface area contributed by atoms with Gasteiger partial charge in [-0.05, 0) is 59.8 Å². The van der Waals surface area contributed by atoms with E-state index in [2.05, 4.69) is 26.9 Å². The van der Waals surface area contributed by atoms with Crippen LogP contribution in [0.15, 0.2) is 40.9 Å². The van der Waals surface area contributed by atoms with Gasteiger partial charge in [0.25, 0.3) is 0 Å². The number of nitrogens with one attached hydrogen (secondary N) is 1. The summed E-state index contributed by atoms with van der Waals surface area (Å²) in [5.41, 5.74) is 3.14. The zero-order valence-corrected chi connectivity index (χ0v) is 15.9. The van der Waals surface area contributed by atoms with Crippen molar-refractivity contribution >= 4 is 29.0 Å². The minimum Gasteiger partial charge on any atom is -0.350 e. The number of hydrogen-bond acceptors (Lipinski definition) is 6. The van der Waals surface area contributed by atoms with Gasteiger partial charge in [0.15, 0.2) is 0 Å². The van der Waals surface area contributed by atoms with Crippen molar-refractivity contribution in [2.45, 2.75) is 37.7 Å². The highest BCUT2D eigenvalue weighted by molar-refractivity contribution is 8.00. The average molecular weight is 374 g/mol. The van der Waals surface area contributed by atoms with Crippen LogP contribution in [0.3, 0.4) is 0 Å². The zero-order valence-electron chi connectivity index (χ0n) is 14.3. The number of tetrazole rings is 1. The molecule has 0 unspecified atom stereocenters. The summed E-state index contributed by atoms with van der Waals surface area (Å²) in [5.74, 6) is -0.0334. The number of carbonyl (C=O) groups is 1. The standard InChI is InChI=1S/C17H19N5OS2/c1-11-6-7-12(2)15(9-11)22-17(19-20-21-22)25-13(3)16(23)18-10-14-5-4-8-24-14/h4-9,13H,10H2,1-3H3,(H,18,23)/t13-/m0/s1. The van der Waals surface area contributed by atoms with Gasteiger partial charge in [-0.25, -0.2) is 0 Å². The van der Waals surface area contributed by atoms with Crippen LogP contribution in [0.25, 0.3) is 5.69 Å². The van der Waals surface area contributed by atoms with Crippen LogP contribution in [-0.2, 0) is 11.3 Å². The molecule has 0 spiro atoms. The molecule has 25 heavy (non-hydrogen) atoms. The van der Waals surface area contributed by atoms with Crippen LogP contribution < -0.4 is 5.32 Å². The van der Waals surface area contributed by atoms with E-state index in [1.54, 1.807) is 16.0 Å². The number of benzene rings is 1. The Labute approximate surface area is 154 Å². The van der Waals surface area contributed by atoms with E-state index in [-0.39, 0.29) is 11.2 Å². The Kier molecular flexibility index (Phi) is 5.50. The number of aryl methyl sites for hydroxylation is 2. The fourth-order valence-corrected chi connectivity index (χ4v) is 3.76. The molecule has 0 saturated carbocycles. The number of carbonyl (C=O) groups excluding carboxylic acids is 1. The molecule has 3 rings (SSSR count). The molecular formula is C17H19N5OS2. The number of amides is 1. The Bertz CT molecular complexity index is 860. The van der Waals surface area contributed by atoms with Crippen molar-refractivity contribution in [3.63, 3.8) is 0 Å². The minimum atomic E-state index is -0.296. The van der Waals surface area contributed by atoms with Gasteiger partial charge in [0.05, 0.1) is 17.5 Å². The first-order chi connectivity index (χ1) is 12.0. The first-order valence-corrected chi connectivity index (χ1v) is 9.63. The third-order valence-electron chi connectivity index (χ3n) is 3.70. The monoisotopic (exact) mass is 373 g/mol. The zero-order chi connectivity index (χ0) is 17.8. The first kappa shape index (κ1) is 17.6. The van der Waals surface area contributed by atoms with Gasteiger partial charge in [-0.1, -0.05) is 30.0 Å². The van der Waals surface area contributed by atoms with Crippen molar-refractivity contribution in [3.05, 3.63) is 51.7 Å². The van der Waals surface area contributed by atoms with Crippen LogP contribution in [0.2, 0.25) is 0 Å². The molecule has 1 amide bonds. The van der Waals surface area contributed by atoms with Gasteiger partial charge in [-0.3, -0.25) is 4.79 Å². The van der Waals surface area contributed by atoms with E-state index >= 15 is 0 Å². The number of aromatic nitrogens is 4. The van der Waals surface area contributed by atoms with E-state index in [1.807, 2.05) is 50.4 Å². The predicted molar refractivity (Wildman–Crippen MR) is 100 cm³/mol. The second-order valence-electron chi connectivity index (χ2n) is 5.72. The molecule has 0 aliphatic carbocycles. The quantitative estimate of drug-likeness (QED) is 0.672. The molecular weight excluding hydrogens is 354 g/mol. The molecule has 0 radical (unpaired) electrons. The topological polar surface area (TPSA) is 72.7 Å². The molecule has 1 N–H and O–H groups in total. The summed E-state index contributed by atoms with van der Waals surface area (Å²) in [7, 11) is 0. The molecule has 1 aromatic carbocycles. The van der Waals surface area contributed by atoms with Crippen LogP contribution in [0.1, 0.15) is 22.9 Å². The summed E-state index contributed by atoms with van der Waals surface area (Å²) in [4.78, 5) is 13.5. The molecule has 0 fully saturated rings. The summed E-state index contributed by atoms with van der Waals surface area (Å²) < 4.78 is 1.69. The van der Waals surface area contributed by atoms with E-state index in [0.717, 1.165) is 21.7 Å². The van der Waals surface area contributed by atoms with Crippen LogP contribution in [0.4, 0.5) is 0 Å². The lowest BCUT2D eigenvalue weighted by molar-refractivity contribution is -0.120. The second kappa shape index (κ2) is 7.79. The van der Waals surface area contributed by atoms with Crippen molar-refractivity contribution in [3.8, 4) is 5.69 Å². The van der Waals surface area contributed by atoms with Gasteiger partial charge in [0.1, 0.15) is 0 Å². The highest BCUT2D eigenvalue weighted by Crippen LogP contribution is 2.25. The molecule has 0 saturated heterocycles. The third-order valence-corrected chi connectivity index (χ3v) is 5.61. The molecule has 1 atom stereocenters. The first-order valence-electron chi connectivity index (χ1n) is 7.87. The Morgan fingerprint density at radius 2 is 2.20 bits per heavy atom. The highest BCUT2D eigenvalue weighted by Gasteiger charge is 2.19. The molecule has 0 bridgehead atoms. The maximum Gasteiger partial charge on any atom is 0.233 e. The lowest BCUT2D eigenvalue weighted by atomic mass is 10.1. The number of thioether (sulfide) groups is 1. The Morgan fingerprint density at radius 3 is 2.96 bits per heavy atom. The average Bonchev–Trinajstić information content (AvgIpc) is 3.26. The van der Waals surface area contributed by atoms with Crippen molar-refractivity contribution in [1.82, 2.24) is 25.5 Å². The second-order valence-corrected chi connectivity index (χ2v) is 8.06. The lowest BCUT2D eigenvalue weighted by Crippen LogP contribution is -2.30. The van der Waals surface area contributed by atoms with Gasteiger partial charge < -0.3 is 5.32 Å². The maximum absolute atomic E-state index is 12.3. The summed E-state index contributed by atoms with van der Waals surface area (Å²) in [6.45, 7) is 6.45. The van der Waals surface area contributed by atoms with E-state index in [9.17, 15) is 4.79 Å². The number of thiophene rings is 1. The largest absolute Gasteiger partial charge is 0.350 e. The fourth-order valence-electron chi connectivity index (χ4n) is 2.29. The normalized spacial score (nSPS) is 12.1. The molecule has 0 aliphatic rings. The SMILES string of the molecule is Cc1ccc(C)c(-n2nnnc2S[C@@H](C)C(=O)NCc2cccs2)c1. The molecule has 0 aliphatic heterocycles. The molecule has 8 heteroatoms. The number of rotatable bonds is 6. The van der Waals surface area contributed by atoms with E-state index < -0.39 is 0 Å². The molecule has 6 nitrogen and oxygen atoms in total. The minimum absolute atomic E-state index is 0.0334.